The van der Waals surface area contributed by atoms with Crippen molar-refractivity contribution >= 4 is 11.8 Å². The Bertz CT molecular complexity index is 404. The summed E-state index contributed by atoms with van der Waals surface area (Å²) in [5.41, 5.74) is 1.13. The molecule has 19 heavy (non-hydrogen) atoms. The lowest BCUT2D eigenvalue weighted by Gasteiger charge is -2.22. The minimum atomic E-state index is -0.0992. The minimum Gasteiger partial charge on any atom is -0.356 e. The van der Waals surface area contributed by atoms with Crippen molar-refractivity contribution in [1.82, 2.24) is 10.2 Å². The van der Waals surface area contributed by atoms with Crippen LogP contribution in [-0.4, -0.2) is 29.8 Å². The first-order valence-corrected chi connectivity index (χ1v) is 6.69. The van der Waals surface area contributed by atoms with Gasteiger partial charge in [0.2, 0.25) is 11.8 Å². The number of amides is 2. The van der Waals surface area contributed by atoms with E-state index in [0.29, 0.717) is 19.5 Å². The van der Waals surface area contributed by atoms with E-state index in [-0.39, 0.29) is 11.8 Å². The average molecular weight is 262 g/mol. The van der Waals surface area contributed by atoms with E-state index in [2.05, 4.69) is 12.2 Å². The van der Waals surface area contributed by atoms with Gasteiger partial charge in [0.15, 0.2) is 0 Å². The molecule has 0 saturated heterocycles. The molecule has 1 rings (SSSR count). The first-order valence-electron chi connectivity index (χ1n) is 6.69. The van der Waals surface area contributed by atoms with Crippen LogP contribution in [0.2, 0.25) is 0 Å². The number of nitrogens with one attached hydrogen (secondary N) is 1. The van der Waals surface area contributed by atoms with E-state index in [1.807, 2.05) is 35.2 Å². The second-order valence-electron chi connectivity index (χ2n) is 4.53. The molecular weight excluding hydrogens is 240 g/mol. The van der Waals surface area contributed by atoms with Gasteiger partial charge in [-0.3, -0.25) is 9.59 Å². The lowest BCUT2D eigenvalue weighted by atomic mass is 10.2. The van der Waals surface area contributed by atoms with Gasteiger partial charge in [-0.1, -0.05) is 37.3 Å². The van der Waals surface area contributed by atoms with Crippen molar-refractivity contribution in [3.8, 4) is 0 Å². The zero-order valence-electron chi connectivity index (χ0n) is 11.7. The highest BCUT2D eigenvalue weighted by molar-refractivity contribution is 5.78. The number of nitrogens with zero attached hydrogens (tertiary/aromatic N) is 1. The largest absolute Gasteiger partial charge is 0.356 e. The molecule has 0 aliphatic rings. The molecule has 1 aromatic rings. The van der Waals surface area contributed by atoms with Crippen LogP contribution < -0.4 is 5.32 Å². The Hall–Kier alpha value is -1.84. The molecule has 0 heterocycles. The molecule has 4 heteroatoms. The fourth-order valence-electron chi connectivity index (χ4n) is 1.87. The summed E-state index contributed by atoms with van der Waals surface area (Å²) in [4.78, 5) is 24.7. The third-order valence-electron chi connectivity index (χ3n) is 2.78. The van der Waals surface area contributed by atoms with Gasteiger partial charge < -0.3 is 10.2 Å². The van der Waals surface area contributed by atoms with Crippen molar-refractivity contribution in [2.45, 2.75) is 33.2 Å². The summed E-state index contributed by atoms with van der Waals surface area (Å²) in [6.45, 7) is 5.29. The number of hydrogen-bond acceptors (Lipinski definition) is 2. The molecule has 104 valence electrons. The Morgan fingerprint density at radius 1 is 1.21 bits per heavy atom. The van der Waals surface area contributed by atoms with Crippen LogP contribution in [0.25, 0.3) is 0 Å². The quantitative estimate of drug-likeness (QED) is 0.816. The second-order valence-corrected chi connectivity index (χ2v) is 4.53. The first-order chi connectivity index (χ1) is 9.13. The SMILES string of the molecule is CCCN(Cc1ccccc1)C(=O)CCNC(C)=O. The van der Waals surface area contributed by atoms with Crippen LogP contribution in [0.4, 0.5) is 0 Å². The predicted octanol–water partition coefficient (Wildman–Crippen LogP) is 1.95. The molecule has 0 unspecified atom stereocenters. The number of rotatable bonds is 7. The van der Waals surface area contributed by atoms with Gasteiger partial charge in [-0.15, -0.1) is 0 Å². The van der Waals surface area contributed by atoms with Crippen LogP contribution in [-0.2, 0) is 16.1 Å². The van der Waals surface area contributed by atoms with E-state index in [1.54, 1.807) is 0 Å². The van der Waals surface area contributed by atoms with Gasteiger partial charge in [0.25, 0.3) is 0 Å². The normalized spacial score (nSPS) is 10.0. The van der Waals surface area contributed by atoms with Crippen LogP contribution in [0.1, 0.15) is 32.3 Å². The second kappa shape index (κ2) is 8.29. The molecule has 0 atom stereocenters. The highest BCUT2D eigenvalue weighted by Crippen LogP contribution is 2.06. The van der Waals surface area contributed by atoms with E-state index in [1.165, 1.54) is 6.92 Å². The molecule has 0 aliphatic heterocycles. The topological polar surface area (TPSA) is 49.4 Å². The van der Waals surface area contributed by atoms with Crippen LogP contribution in [0.15, 0.2) is 30.3 Å². The predicted molar refractivity (Wildman–Crippen MR) is 75.5 cm³/mol. The zero-order chi connectivity index (χ0) is 14.1. The monoisotopic (exact) mass is 262 g/mol. The van der Waals surface area contributed by atoms with Crippen LogP contribution in [0, 0.1) is 0 Å². The Morgan fingerprint density at radius 2 is 1.89 bits per heavy atom. The number of benzene rings is 1. The molecule has 0 radical (unpaired) electrons. The zero-order valence-corrected chi connectivity index (χ0v) is 11.7. The molecule has 2 amide bonds. The van der Waals surface area contributed by atoms with Crippen LogP contribution in [0.3, 0.4) is 0 Å². The van der Waals surface area contributed by atoms with Crippen LogP contribution in [0.5, 0.6) is 0 Å². The molecule has 1 aromatic carbocycles. The number of hydrogen-bond donors (Lipinski definition) is 1. The number of carbonyl (C=O) groups is 2. The highest BCUT2D eigenvalue weighted by atomic mass is 16.2. The summed E-state index contributed by atoms with van der Waals surface area (Å²) in [5.74, 6) is -0.0163. The third-order valence-corrected chi connectivity index (χ3v) is 2.78. The maximum atomic E-state index is 12.1. The Kier molecular flexibility index (Phi) is 6.64. The lowest BCUT2D eigenvalue weighted by molar-refractivity contribution is -0.131. The summed E-state index contributed by atoms with van der Waals surface area (Å²) in [6.07, 6.45) is 1.28. The van der Waals surface area contributed by atoms with Gasteiger partial charge >= 0.3 is 0 Å². The van der Waals surface area contributed by atoms with Crippen molar-refractivity contribution in [2.75, 3.05) is 13.1 Å². The van der Waals surface area contributed by atoms with E-state index in [4.69, 9.17) is 0 Å². The fraction of sp³-hybridized carbons (Fsp3) is 0.467. The summed E-state index contributed by atoms with van der Waals surface area (Å²) in [5, 5.41) is 2.65. The smallest absolute Gasteiger partial charge is 0.224 e. The standard InChI is InChI=1S/C15H22N2O2/c1-3-11-17(12-14-7-5-4-6-8-14)15(19)9-10-16-13(2)18/h4-8H,3,9-12H2,1-2H3,(H,16,18). The van der Waals surface area contributed by atoms with Gasteiger partial charge in [-0.05, 0) is 12.0 Å². The van der Waals surface area contributed by atoms with Crippen molar-refractivity contribution in [1.29, 1.82) is 0 Å². The Morgan fingerprint density at radius 3 is 2.47 bits per heavy atom. The van der Waals surface area contributed by atoms with Gasteiger partial charge in [-0.2, -0.15) is 0 Å². The van der Waals surface area contributed by atoms with E-state index in [9.17, 15) is 9.59 Å². The fourth-order valence-corrected chi connectivity index (χ4v) is 1.87. The van der Waals surface area contributed by atoms with Crippen molar-refractivity contribution < 1.29 is 9.59 Å². The molecule has 4 nitrogen and oxygen atoms in total. The van der Waals surface area contributed by atoms with E-state index >= 15 is 0 Å². The molecule has 0 saturated carbocycles. The molecule has 0 aliphatic carbocycles. The van der Waals surface area contributed by atoms with Gasteiger partial charge in [0, 0.05) is 33.0 Å². The molecule has 0 bridgehead atoms. The lowest BCUT2D eigenvalue weighted by Crippen LogP contribution is -2.34. The van der Waals surface area contributed by atoms with E-state index < -0.39 is 0 Å². The van der Waals surface area contributed by atoms with Crippen molar-refractivity contribution in [3.05, 3.63) is 35.9 Å². The molecule has 0 fully saturated rings. The minimum absolute atomic E-state index is 0.0828. The Balaban J connectivity index is 2.51. The maximum Gasteiger partial charge on any atom is 0.224 e. The average Bonchev–Trinajstić information content (AvgIpc) is 2.39. The molecular formula is C15H22N2O2. The summed E-state index contributed by atoms with van der Waals surface area (Å²) in [6, 6.07) is 9.95. The van der Waals surface area contributed by atoms with Crippen LogP contribution >= 0.6 is 0 Å². The first kappa shape index (κ1) is 15.2. The summed E-state index contributed by atoms with van der Waals surface area (Å²) in [7, 11) is 0. The molecule has 0 spiro atoms. The Labute approximate surface area is 114 Å². The molecule has 1 N–H and O–H groups in total. The maximum absolute atomic E-state index is 12.1. The molecule has 0 aromatic heterocycles. The van der Waals surface area contributed by atoms with Gasteiger partial charge in [-0.25, -0.2) is 0 Å². The summed E-state index contributed by atoms with van der Waals surface area (Å²) >= 11 is 0. The third kappa shape index (κ3) is 6.04. The van der Waals surface area contributed by atoms with Crippen molar-refractivity contribution in [3.63, 3.8) is 0 Å². The van der Waals surface area contributed by atoms with Gasteiger partial charge in [0.05, 0.1) is 0 Å². The number of carbonyl (C=O) groups excluding carboxylic acids is 2. The van der Waals surface area contributed by atoms with Crippen molar-refractivity contribution in [2.24, 2.45) is 0 Å². The van der Waals surface area contributed by atoms with E-state index in [0.717, 1.165) is 18.5 Å². The summed E-state index contributed by atoms with van der Waals surface area (Å²) < 4.78 is 0. The van der Waals surface area contributed by atoms with Gasteiger partial charge in [0.1, 0.15) is 0 Å². The highest BCUT2D eigenvalue weighted by Gasteiger charge is 2.12.